The van der Waals surface area contributed by atoms with Crippen molar-refractivity contribution < 1.29 is 9.84 Å². The molecule has 10 heteroatoms. The molecule has 0 bridgehead atoms. The van der Waals surface area contributed by atoms with Gasteiger partial charge in [-0.2, -0.15) is 4.98 Å². The van der Waals surface area contributed by atoms with Gasteiger partial charge in [-0.15, -0.1) is 11.3 Å². The molecule has 1 aromatic carbocycles. The minimum Gasteiger partial charge on any atom is -0.396 e. The second kappa shape index (κ2) is 9.53. The van der Waals surface area contributed by atoms with Crippen LogP contribution < -0.4 is 21.1 Å². The van der Waals surface area contributed by atoms with Gasteiger partial charge in [0.1, 0.15) is 16.4 Å². The van der Waals surface area contributed by atoms with Crippen LogP contribution in [0, 0.1) is 0 Å². The highest BCUT2D eigenvalue weighted by atomic mass is 32.1. The number of aliphatic hydroxyl groups excluding tert-OH is 1. The van der Waals surface area contributed by atoms with Crippen LogP contribution in [0.25, 0.3) is 20.8 Å². The number of nitrogens with zero attached hydrogens (tertiary/aromatic N) is 3. The Bertz CT molecular complexity index is 1090. The van der Waals surface area contributed by atoms with Crippen LogP contribution in [-0.2, 0) is 4.74 Å². The Kier molecular flexibility index (Phi) is 6.35. The maximum atomic E-state index is 13.3. The van der Waals surface area contributed by atoms with Crippen LogP contribution in [0.5, 0.6) is 0 Å². The summed E-state index contributed by atoms with van der Waals surface area (Å²) in [6.45, 7) is 3.66. The van der Waals surface area contributed by atoms with Gasteiger partial charge in [-0.25, -0.2) is 4.98 Å². The maximum absolute atomic E-state index is 13.3. The number of piperidine rings is 1. The summed E-state index contributed by atoms with van der Waals surface area (Å²) in [6, 6.07) is 8.10. The number of rotatable bonds is 6. The van der Waals surface area contributed by atoms with E-state index in [-0.39, 0.29) is 24.3 Å². The highest BCUT2D eigenvalue weighted by molar-refractivity contribution is 7.21. The van der Waals surface area contributed by atoms with Crippen molar-refractivity contribution in [1.82, 2.24) is 20.3 Å². The minimum absolute atomic E-state index is 0.0699. The van der Waals surface area contributed by atoms with Crippen LogP contribution in [0.2, 0.25) is 0 Å². The second-order valence-corrected chi connectivity index (χ2v) is 9.27. The van der Waals surface area contributed by atoms with E-state index in [1.807, 2.05) is 29.2 Å². The van der Waals surface area contributed by atoms with E-state index in [1.54, 1.807) is 0 Å². The van der Waals surface area contributed by atoms with Gasteiger partial charge in [0.25, 0.3) is 5.56 Å². The summed E-state index contributed by atoms with van der Waals surface area (Å²) < 4.78 is 6.76. The highest BCUT2D eigenvalue weighted by Gasteiger charge is 2.26. The summed E-state index contributed by atoms with van der Waals surface area (Å²) in [5.74, 6) is 1.10. The Morgan fingerprint density at radius 1 is 1.31 bits per heavy atom. The molecule has 0 saturated carbocycles. The summed E-state index contributed by atoms with van der Waals surface area (Å²) in [5, 5.41) is 16.9. The predicted octanol–water partition coefficient (Wildman–Crippen LogP) is 1.80. The smallest absolute Gasteiger partial charge is 0.264 e. The number of nitrogens with one attached hydrogen (secondary N) is 3. The van der Waals surface area contributed by atoms with E-state index in [9.17, 15) is 9.90 Å². The van der Waals surface area contributed by atoms with E-state index >= 15 is 0 Å². The third-order valence-electron chi connectivity index (χ3n) is 5.94. The van der Waals surface area contributed by atoms with Crippen LogP contribution in [0.4, 0.5) is 11.8 Å². The van der Waals surface area contributed by atoms with Crippen LogP contribution in [-0.4, -0.2) is 71.6 Å². The molecule has 2 saturated heterocycles. The molecule has 2 aliphatic rings. The molecule has 0 spiro atoms. The Hall–Kier alpha value is -2.53. The molecule has 2 unspecified atom stereocenters. The molecule has 2 aliphatic heterocycles. The lowest BCUT2D eigenvalue weighted by Crippen LogP contribution is -2.44. The van der Waals surface area contributed by atoms with E-state index in [0.29, 0.717) is 48.5 Å². The standard InChI is InChI=1S/C22H28N6O3S/c29-10-7-15-13-28(9-11-31-15)22-26-19(24-14-4-3-8-23-12-14)18(20(30)27-22)21-25-16-5-1-2-6-17(16)32-21/h1-2,5-6,14-15,23,29H,3-4,7-13H2,(H2,24,26,27,30). The lowest BCUT2D eigenvalue weighted by molar-refractivity contribution is 0.0242. The van der Waals surface area contributed by atoms with Gasteiger partial charge in [0.2, 0.25) is 5.95 Å². The zero-order chi connectivity index (χ0) is 21.9. The van der Waals surface area contributed by atoms with Crippen molar-refractivity contribution in [1.29, 1.82) is 0 Å². The molecule has 3 aromatic rings. The molecular formula is C22H28N6O3S. The van der Waals surface area contributed by atoms with Crippen molar-refractivity contribution in [2.75, 3.05) is 49.6 Å². The van der Waals surface area contributed by atoms with E-state index in [0.717, 1.165) is 36.1 Å². The molecule has 0 amide bonds. The average molecular weight is 457 g/mol. The molecular weight excluding hydrogens is 428 g/mol. The Balaban J connectivity index is 1.53. The van der Waals surface area contributed by atoms with Crippen LogP contribution in [0.1, 0.15) is 19.3 Å². The summed E-state index contributed by atoms with van der Waals surface area (Å²) in [5.41, 5.74) is 1.16. The van der Waals surface area contributed by atoms with E-state index in [2.05, 4.69) is 15.6 Å². The molecule has 170 valence electrons. The summed E-state index contributed by atoms with van der Waals surface area (Å²) in [6.07, 6.45) is 2.58. The Morgan fingerprint density at radius 2 is 2.22 bits per heavy atom. The number of fused-ring (bicyclic) bond motifs is 1. The zero-order valence-electron chi connectivity index (χ0n) is 17.8. The van der Waals surface area contributed by atoms with Gasteiger partial charge in [0, 0.05) is 32.3 Å². The molecule has 4 heterocycles. The Labute approximate surface area is 189 Å². The highest BCUT2D eigenvalue weighted by Crippen LogP contribution is 2.32. The number of H-pyrrole nitrogens is 1. The fourth-order valence-corrected chi connectivity index (χ4v) is 5.30. The number of thiazole rings is 1. The normalized spacial score (nSPS) is 21.7. The Morgan fingerprint density at radius 3 is 3.03 bits per heavy atom. The third-order valence-corrected chi connectivity index (χ3v) is 7.00. The number of benzene rings is 1. The first kappa shape index (κ1) is 21.3. The lowest BCUT2D eigenvalue weighted by atomic mass is 10.1. The molecule has 0 radical (unpaired) electrons. The molecule has 32 heavy (non-hydrogen) atoms. The van der Waals surface area contributed by atoms with Crippen molar-refractivity contribution in [3.63, 3.8) is 0 Å². The average Bonchev–Trinajstić information content (AvgIpc) is 3.23. The SMILES string of the molecule is O=c1[nH]c(N2CCOC(CCO)C2)nc(NC2CCCNC2)c1-c1nc2ccccc2s1. The quantitative estimate of drug-likeness (QED) is 0.444. The lowest BCUT2D eigenvalue weighted by Gasteiger charge is -2.33. The topological polar surface area (TPSA) is 115 Å². The van der Waals surface area contributed by atoms with Crippen LogP contribution >= 0.6 is 11.3 Å². The number of hydrogen-bond acceptors (Lipinski definition) is 9. The summed E-state index contributed by atoms with van der Waals surface area (Å²) >= 11 is 1.50. The summed E-state index contributed by atoms with van der Waals surface area (Å²) in [7, 11) is 0. The van der Waals surface area contributed by atoms with Crippen molar-refractivity contribution >= 4 is 33.3 Å². The molecule has 0 aliphatic carbocycles. The maximum Gasteiger partial charge on any atom is 0.264 e. The van der Waals surface area contributed by atoms with Gasteiger partial charge in [0.15, 0.2) is 0 Å². The number of ether oxygens (including phenoxy) is 1. The predicted molar refractivity (Wildman–Crippen MR) is 127 cm³/mol. The van der Waals surface area contributed by atoms with E-state index in [1.165, 1.54) is 11.3 Å². The number of aromatic nitrogens is 3. The van der Waals surface area contributed by atoms with Gasteiger partial charge >= 0.3 is 0 Å². The fraction of sp³-hybridized carbons (Fsp3) is 0.500. The number of para-hydroxylation sites is 1. The first-order valence-electron chi connectivity index (χ1n) is 11.2. The van der Waals surface area contributed by atoms with E-state index < -0.39 is 0 Å². The van der Waals surface area contributed by atoms with Gasteiger partial charge < -0.3 is 25.4 Å². The number of aromatic amines is 1. The number of anilines is 2. The molecule has 2 atom stereocenters. The van der Waals surface area contributed by atoms with Crippen LogP contribution in [0.15, 0.2) is 29.1 Å². The molecule has 5 rings (SSSR count). The van der Waals surface area contributed by atoms with Gasteiger partial charge in [-0.1, -0.05) is 12.1 Å². The van der Waals surface area contributed by atoms with Crippen LogP contribution in [0.3, 0.4) is 0 Å². The van der Waals surface area contributed by atoms with Crippen molar-refractivity contribution in [2.24, 2.45) is 0 Å². The number of morpholine rings is 1. The number of aliphatic hydroxyl groups is 1. The molecule has 2 fully saturated rings. The van der Waals surface area contributed by atoms with Gasteiger partial charge in [0.05, 0.1) is 22.9 Å². The van der Waals surface area contributed by atoms with E-state index in [4.69, 9.17) is 14.7 Å². The molecule has 4 N–H and O–H groups in total. The molecule has 2 aromatic heterocycles. The monoisotopic (exact) mass is 456 g/mol. The fourth-order valence-electron chi connectivity index (χ4n) is 4.29. The number of hydrogen-bond donors (Lipinski definition) is 4. The largest absolute Gasteiger partial charge is 0.396 e. The summed E-state index contributed by atoms with van der Waals surface area (Å²) in [4.78, 5) is 27.9. The second-order valence-electron chi connectivity index (χ2n) is 8.24. The molecule has 9 nitrogen and oxygen atoms in total. The zero-order valence-corrected chi connectivity index (χ0v) is 18.7. The van der Waals surface area contributed by atoms with Crippen molar-refractivity contribution in [3.8, 4) is 10.6 Å². The van der Waals surface area contributed by atoms with Gasteiger partial charge in [-0.3, -0.25) is 9.78 Å². The van der Waals surface area contributed by atoms with Crippen molar-refractivity contribution in [3.05, 3.63) is 34.6 Å². The first-order valence-corrected chi connectivity index (χ1v) is 12.0. The van der Waals surface area contributed by atoms with Crippen molar-refractivity contribution in [2.45, 2.75) is 31.4 Å². The van der Waals surface area contributed by atoms with Gasteiger partial charge in [-0.05, 0) is 37.9 Å². The first-order chi connectivity index (χ1) is 15.7. The minimum atomic E-state index is -0.203. The third kappa shape index (κ3) is 4.49.